The Labute approximate surface area is 102 Å². The van der Waals surface area contributed by atoms with E-state index in [-0.39, 0.29) is 5.01 Å². The summed E-state index contributed by atoms with van der Waals surface area (Å²) in [7, 11) is 1.51. The summed E-state index contributed by atoms with van der Waals surface area (Å²) in [4.78, 5) is 0. The predicted molar refractivity (Wildman–Crippen MR) is 52.2 cm³/mol. The maximum Gasteiger partial charge on any atom is 0.406 e. The Morgan fingerprint density at radius 1 is 1.00 bits per heavy atom. The standard InChI is InChI=1S/C8H9F6N3S/c1-3(15-2)5-16-17-6(18-5)4(7(9,10)11)8(12,13)14/h3-4,15H,1-2H3. The fraction of sp³-hybridized carbons (Fsp3) is 0.750. The van der Waals surface area contributed by atoms with Crippen molar-refractivity contribution in [3.63, 3.8) is 0 Å². The highest BCUT2D eigenvalue weighted by molar-refractivity contribution is 7.11. The quantitative estimate of drug-likeness (QED) is 0.871. The van der Waals surface area contributed by atoms with Crippen LogP contribution in [0.25, 0.3) is 0 Å². The van der Waals surface area contributed by atoms with Gasteiger partial charge in [-0.1, -0.05) is 11.3 Å². The minimum Gasteiger partial charge on any atom is -0.311 e. The van der Waals surface area contributed by atoms with Crippen LogP contribution in [-0.2, 0) is 0 Å². The van der Waals surface area contributed by atoms with Crippen LogP contribution < -0.4 is 5.32 Å². The van der Waals surface area contributed by atoms with E-state index < -0.39 is 29.3 Å². The number of halogens is 6. The molecule has 0 spiro atoms. The molecule has 1 heterocycles. The molecular weight excluding hydrogens is 284 g/mol. The largest absolute Gasteiger partial charge is 0.406 e. The molecule has 1 aromatic rings. The number of hydrogen-bond acceptors (Lipinski definition) is 4. The molecule has 1 N–H and O–H groups in total. The van der Waals surface area contributed by atoms with Crippen LogP contribution in [0.15, 0.2) is 0 Å². The van der Waals surface area contributed by atoms with Crippen molar-refractivity contribution in [2.24, 2.45) is 0 Å². The molecule has 0 aliphatic heterocycles. The molecule has 1 rings (SSSR count). The zero-order chi connectivity index (χ0) is 14.1. The molecule has 3 nitrogen and oxygen atoms in total. The second kappa shape index (κ2) is 5.00. The van der Waals surface area contributed by atoms with Crippen molar-refractivity contribution in [1.82, 2.24) is 15.5 Å². The zero-order valence-electron chi connectivity index (χ0n) is 9.23. The Morgan fingerprint density at radius 2 is 1.44 bits per heavy atom. The van der Waals surface area contributed by atoms with E-state index in [1.807, 2.05) is 0 Å². The van der Waals surface area contributed by atoms with Gasteiger partial charge < -0.3 is 5.32 Å². The minimum atomic E-state index is -5.43. The van der Waals surface area contributed by atoms with Gasteiger partial charge in [0.05, 0.1) is 6.04 Å². The predicted octanol–water partition coefficient (Wildman–Crippen LogP) is 3.03. The van der Waals surface area contributed by atoms with Gasteiger partial charge in [0.25, 0.3) is 0 Å². The van der Waals surface area contributed by atoms with Crippen LogP contribution in [0, 0.1) is 0 Å². The van der Waals surface area contributed by atoms with Crippen LogP contribution >= 0.6 is 11.3 Å². The maximum atomic E-state index is 12.4. The van der Waals surface area contributed by atoms with E-state index in [4.69, 9.17) is 0 Å². The molecule has 1 atom stereocenters. The molecule has 0 aromatic carbocycles. The van der Waals surface area contributed by atoms with E-state index in [1.54, 1.807) is 6.92 Å². The topological polar surface area (TPSA) is 37.8 Å². The van der Waals surface area contributed by atoms with Crippen LogP contribution in [0.2, 0.25) is 0 Å². The molecule has 0 aliphatic carbocycles. The second-order valence-corrected chi connectivity index (χ2v) is 4.55. The number of hydrogen-bond donors (Lipinski definition) is 1. The molecule has 0 bridgehead atoms. The molecule has 0 amide bonds. The molecule has 0 aliphatic rings. The van der Waals surface area contributed by atoms with Gasteiger partial charge in [-0.15, -0.1) is 10.2 Å². The van der Waals surface area contributed by atoms with Crippen LogP contribution in [0.1, 0.15) is 28.9 Å². The lowest BCUT2D eigenvalue weighted by Gasteiger charge is -2.20. The van der Waals surface area contributed by atoms with Gasteiger partial charge in [-0.3, -0.25) is 0 Å². The SMILES string of the molecule is CNC(C)c1nnc(C(C(F)(F)F)C(F)(F)F)s1. The number of alkyl halides is 6. The lowest BCUT2D eigenvalue weighted by atomic mass is 10.1. The first-order valence-corrected chi connectivity index (χ1v) is 5.53. The monoisotopic (exact) mass is 293 g/mol. The van der Waals surface area contributed by atoms with Crippen molar-refractivity contribution in [1.29, 1.82) is 0 Å². The number of rotatable bonds is 3. The maximum absolute atomic E-state index is 12.4. The van der Waals surface area contributed by atoms with Gasteiger partial charge in [0.1, 0.15) is 10.0 Å². The molecule has 104 valence electrons. The molecule has 0 radical (unpaired) electrons. The number of nitrogens with one attached hydrogen (secondary N) is 1. The normalized spacial score (nSPS) is 15.2. The summed E-state index contributed by atoms with van der Waals surface area (Å²) in [6, 6.07) is -0.460. The zero-order valence-corrected chi connectivity index (χ0v) is 10.0. The highest BCUT2D eigenvalue weighted by Crippen LogP contribution is 2.47. The highest BCUT2D eigenvalue weighted by atomic mass is 32.1. The Balaban J connectivity index is 3.12. The van der Waals surface area contributed by atoms with Crippen molar-refractivity contribution >= 4 is 11.3 Å². The molecule has 1 aromatic heterocycles. The lowest BCUT2D eigenvalue weighted by Crippen LogP contribution is -2.34. The lowest BCUT2D eigenvalue weighted by molar-refractivity contribution is -0.253. The summed E-state index contributed by atoms with van der Waals surface area (Å²) in [5, 5.41) is 7.99. The number of aromatic nitrogens is 2. The fourth-order valence-electron chi connectivity index (χ4n) is 1.13. The summed E-state index contributed by atoms with van der Waals surface area (Å²) in [5.41, 5.74) is 0. The van der Waals surface area contributed by atoms with Crippen LogP contribution in [-0.4, -0.2) is 29.6 Å². The third-order valence-corrected chi connectivity index (χ3v) is 3.33. The van der Waals surface area contributed by atoms with Crippen molar-refractivity contribution in [3.8, 4) is 0 Å². The third-order valence-electron chi connectivity index (χ3n) is 2.16. The average molecular weight is 293 g/mol. The Bertz CT molecular complexity index is 384. The first kappa shape index (κ1) is 15.2. The minimum absolute atomic E-state index is 0.0750. The van der Waals surface area contributed by atoms with E-state index in [1.165, 1.54) is 7.05 Å². The molecule has 0 saturated carbocycles. The van der Waals surface area contributed by atoms with Gasteiger partial charge in [-0.2, -0.15) is 26.3 Å². The Kier molecular flexibility index (Phi) is 4.21. The van der Waals surface area contributed by atoms with Gasteiger partial charge in [0.2, 0.25) is 5.92 Å². The van der Waals surface area contributed by atoms with E-state index in [2.05, 4.69) is 15.5 Å². The number of nitrogens with zero attached hydrogens (tertiary/aromatic N) is 2. The van der Waals surface area contributed by atoms with Gasteiger partial charge in [0.15, 0.2) is 0 Å². The van der Waals surface area contributed by atoms with E-state index >= 15 is 0 Å². The van der Waals surface area contributed by atoms with Crippen molar-refractivity contribution in [2.45, 2.75) is 31.2 Å². The van der Waals surface area contributed by atoms with Gasteiger partial charge in [-0.25, -0.2) is 0 Å². The van der Waals surface area contributed by atoms with Gasteiger partial charge in [0, 0.05) is 0 Å². The van der Waals surface area contributed by atoms with E-state index in [9.17, 15) is 26.3 Å². The van der Waals surface area contributed by atoms with Gasteiger partial charge in [-0.05, 0) is 14.0 Å². The Hall–Kier alpha value is -0.900. The van der Waals surface area contributed by atoms with Crippen molar-refractivity contribution in [2.75, 3.05) is 7.05 Å². The smallest absolute Gasteiger partial charge is 0.311 e. The molecule has 0 saturated heterocycles. The van der Waals surface area contributed by atoms with Gasteiger partial charge >= 0.3 is 12.4 Å². The summed E-state index contributed by atoms with van der Waals surface area (Å²) in [5.74, 6) is -3.58. The summed E-state index contributed by atoms with van der Waals surface area (Å²) < 4.78 is 74.4. The van der Waals surface area contributed by atoms with Crippen LogP contribution in [0.3, 0.4) is 0 Å². The summed E-state index contributed by atoms with van der Waals surface area (Å²) in [6.45, 7) is 1.56. The van der Waals surface area contributed by atoms with Crippen molar-refractivity contribution in [3.05, 3.63) is 10.0 Å². The summed E-state index contributed by atoms with van der Waals surface area (Å²) in [6.07, 6.45) is -10.9. The molecule has 1 unspecified atom stereocenters. The fourth-order valence-corrected chi connectivity index (χ4v) is 2.18. The average Bonchev–Trinajstić information content (AvgIpc) is 2.60. The second-order valence-electron chi connectivity index (χ2n) is 3.51. The van der Waals surface area contributed by atoms with E-state index in [0.29, 0.717) is 11.3 Å². The molecule has 0 fully saturated rings. The van der Waals surface area contributed by atoms with Crippen LogP contribution in [0.5, 0.6) is 0 Å². The molecule has 10 heteroatoms. The molecular formula is C8H9F6N3S. The highest BCUT2D eigenvalue weighted by Gasteiger charge is 2.59. The first-order valence-electron chi connectivity index (χ1n) is 4.71. The van der Waals surface area contributed by atoms with Crippen molar-refractivity contribution < 1.29 is 26.3 Å². The first-order chi connectivity index (χ1) is 8.07. The third kappa shape index (κ3) is 3.31. The van der Waals surface area contributed by atoms with E-state index in [0.717, 1.165) is 0 Å². The summed E-state index contributed by atoms with van der Waals surface area (Å²) >= 11 is 0.303. The van der Waals surface area contributed by atoms with Crippen LogP contribution in [0.4, 0.5) is 26.3 Å². The molecule has 18 heavy (non-hydrogen) atoms. The Morgan fingerprint density at radius 3 is 1.83 bits per heavy atom.